The third kappa shape index (κ3) is 4.64. The van der Waals surface area contributed by atoms with E-state index in [0.717, 1.165) is 19.6 Å². The summed E-state index contributed by atoms with van der Waals surface area (Å²) in [4.78, 5) is 25.1. The molecule has 1 rings (SSSR count). The highest BCUT2D eigenvalue weighted by molar-refractivity contribution is 5.84. The Morgan fingerprint density at radius 2 is 1.83 bits per heavy atom. The summed E-state index contributed by atoms with van der Waals surface area (Å²) in [5, 5.41) is 11.7. The number of rotatable bonds is 5. The van der Waals surface area contributed by atoms with Crippen molar-refractivity contribution in [1.29, 1.82) is 0 Å². The lowest BCUT2D eigenvalue weighted by Crippen LogP contribution is -2.49. The Balaban J connectivity index is 2.39. The van der Waals surface area contributed by atoms with Gasteiger partial charge in [-0.15, -0.1) is 0 Å². The van der Waals surface area contributed by atoms with E-state index in [1.54, 1.807) is 0 Å². The molecule has 2 N–H and O–H groups in total. The molecule has 0 saturated carbocycles. The second-order valence-corrected chi connectivity index (χ2v) is 6.00. The molecule has 1 saturated heterocycles. The fraction of sp³-hybridized carbons (Fsp3) is 0.846. The van der Waals surface area contributed by atoms with Gasteiger partial charge in [0.05, 0.1) is 0 Å². The first-order valence-corrected chi connectivity index (χ1v) is 6.55. The normalized spacial score (nSPS) is 18.6. The van der Waals surface area contributed by atoms with Crippen LogP contribution in [0.2, 0.25) is 0 Å². The third-order valence-electron chi connectivity index (χ3n) is 3.27. The van der Waals surface area contributed by atoms with Gasteiger partial charge in [-0.05, 0) is 31.3 Å². The SMILES string of the molecule is CC(C)(C)[C@H](NC(=O)CCN1CCCC1)C(=O)O. The van der Waals surface area contributed by atoms with E-state index in [2.05, 4.69) is 10.2 Å². The molecule has 1 atom stereocenters. The summed E-state index contributed by atoms with van der Waals surface area (Å²) in [5.41, 5.74) is -0.477. The lowest BCUT2D eigenvalue weighted by molar-refractivity contribution is -0.145. The van der Waals surface area contributed by atoms with Gasteiger partial charge in [-0.3, -0.25) is 4.79 Å². The average molecular weight is 256 g/mol. The van der Waals surface area contributed by atoms with Crippen molar-refractivity contribution in [3.63, 3.8) is 0 Å². The minimum absolute atomic E-state index is 0.177. The predicted molar refractivity (Wildman–Crippen MR) is 69.3 cm³/mol. The van der Waals surface area contributed by atoms with Crippen LogP contribution in [0, 0.1) is 5.41 Å². The molecule has 1 aliphatic rings. The summed E-state index contributed by atoms with van der Waals surface area (Å²) < 4.78 is 0. The number of hydrogen-bond donors (Lipinski definition) is 2. The number of aliphatic carboxylic acids is 1. The Morgan fingerprint density at radius 3 is 2.28 bits per heavy atom. The van der Waals surface area contributed by atoms with E-state index in [4.69, 9.17) is 5.11 Å². The summed E-state index contributed by atoms with van der Waals surface area (Å²) in [7, 11) is 0. The minimum Gasteiger partial charge on any atom is -0.480 e. The number of nitrogens with one attached hydrogen (secondary N) is 1. The molecule has 0 aromatic rings. The monoisotopic (exact) mass is 256 g/mol. The van der Waals surface area contributed by atoms with Gasteiger partial charge in [0, 0.05) is 13.0 Å². The molecule has 0 spiro atoms. The quantitative estimate of drug-likeness (QED) is 0.772. The summed E-state index contributed by atoms with van der Waals surface area (Å²) in [6, 6.07) is -0.830. The predicted octanol–water partition coefficient (Wildman–Crippen LogP) is 1.09. The fourth-order valence-electron chi connectivity index (χ4n) is 2.15. The van der Waals surface area contributed by atoms with Gasteiger partial charge in [0.25, 0.3) is 0 Å². The van der Waals surface area contributed by atoms with E-state index in [9.17, 15) is 9.59 Å². The Morgan fingerprint density at radius 1 is 1.28 bits per heavy atom. The smallest absolute Gasteiger partial charge is 0.326 e. The van der Waals surface area contributed by atoms with Crippen molar-refractivity contribution in [3.05, 3.63) is 0 Å². The van der Waals surface area contributed by atoms with Gasteiger partial charge in [-0.25, -0.2) is 4.79 Å². The Hall–Kier alpha value is -1.10. The maximum Gasteiger partial charge on any atom is 0.326 e. The molecule has 0 aliphatic carbocycles. The number of amides is 1. The second-order valence-electron chi connectivity index (χ2n) is 6.00. The molecule has 1 aliphatic heterocycles. The molecule has 0 aromatic carbocycles. The lowest BCUT2D eigenvalue weighted by Gasteiger charge is -2.28. The van der Waals surface area contributed by atoms with Crippen molar-refractivity contribution in [3.8, 4) is 0 Å². The summed E-state index contributed by atoms with van der Waals surface area (Å²) in [6.45, 7) is 8.26. The van der Waals surface area contributed by atoms with Crippen molar-refractivity contribution in [1.82, 2.24) is 10.2 Å². The largest absolute Gasteiger partial charge is 0.480 e. The molecular weight excluding hydrogens is 232 g/mol. The van der Waals surface area contributed by atoms with Gasteiger partial charge in [0.15, 0.2) is 0 Å². The molecule has 0 radical (unpaired) electrons. The van der Waals surface area contributed by atoms with Crippen molar-refractivity contribution in [2.75, 3.05) is 19.6 Å². The summed E-state index contributed by atoms with van der Waals surface area (Å²) in [6.07, 6.45) is 2.77. The van der Waals surface area contributed by atoms with Crippen LogP contribution in [-0.2, 0) is 9.59 Å². The third-order valence-corrected chi connectivity index (χ3v) is 3.27. The van der Waals surface area contributed by atoms with Crippen LogP contribution in [-0.4, -0.2) is 47.6 Å². The molecule has 1 fully saturated rings. The van der Waals surface area contributed by atoms with Crippen LogP contribution in [0.1, 0.15) is 40.0 Å². The number of carboxylic acid groups (broad SMARTS) is 1. The summed E-state index contributed by atoms with van der Waals surface area (Å²) >= 11 is 0. The first-order valence-electron chi connectivity index (χ1n) is 6.55. The number of nitrogens with zero attached hydrogens (tertiary/aromatic N) is 1. The van der Waals surface area contributed by atoms with Crippen LogP contribution >= 0.6 is 0 Å². The van der Waals surface area contributed by atoms with Crippen molar-refractivity contribution in [2.45, 2.75) is 46.1 Å². The molecule has 0 bridgehead atoms. The second kappa shape index (κ2) is 6.18. The molecule has 5 heteroatoms. The molecule has 18 heavy (non-hydrogen) atoms. The highest BCUT2D eigenvalue weighted by Crippen LogP contribution is 2.19. The van der Waals surface area contributed by atoms with Crippen LogP contribution in [0.4, 0.5) is 0 Å². The Labute approximate surface area is 109 Å². The van der Waals surface area contributed by atoms with E-state index in [1.165, 1.54) is 12.8 Å². The maximum atomic E-state index is 11.8. The number of likely N-dealkylation sites (tertiary alicyclic amines) is 1. The zero-order chi connectivity index (χ0) is 13.8. The molecule has 104 valence electrons. The molecule has 0 aromatic heterocycles. The van der Waals surface area contributed by atoms with Crippen molar-refractivity contribution in [2.24, 2.45) is 5.41 Å². The van der Waals surface area contributed by atoms with E-state index >= 15 is 0 Å². The first kappa shape index (κ1) is 15.0. The van der Waals surface area contributed by atoms with Gasteiger partial charge in [-0.1, -0.05) is 20.8 Å². The fourth-order valence-corrected chi connectivity index (χ4v) is 2.15. The molecule has 0 unspecified atom stereocenters. The van der Waals surface area contributed by atoms with Crippen LogP contribution in [0.15, 0.2) is 0 Å². The van der Waals surface area contributed by atoms with Crippen molar-refractivity contribution < 1.29 is 14.7 Å². The van der Waals surface area contributed by atoms with Crippen LogP contribution in [0.3, 0.4) is 0 Å². The maximum absolute atomic E-state index is 11.8. The van der Waals surface area contributed by atoms with Gasteiger partial charge >= 0.3 is 5.97 Å². The standard InChI is InChI=1S/C13H24N2O3/c1-13(2,3)11(12(17)18)14-10(16)6-9-15-7-4-5-8-15/h11H,4-9H2,1-3H3,(H,14,16)(H,17,18)/t11-/m1/s1. The first-order chi connectivity index (χ1) is 8.30. The van der Waals surface area contributed by atoms with Crippen LogP contribution in [0.5, 0.6) is 0 Å². The van der Waals surface area contributed by atoms with E-state index in [0.29, 0.717) is 6.42 Å². The Kier molecular flexibility index (Phi) is 5.14. The van der Waals surface area contributed by atoms with E-state index in [1.807, 2.05) is 20.8 Å². The van der Waals surface area contributed by atoms with Crippen LogP contribution in [0.25, 0.3) is 0 Å². The molecule has 1 amide bonds. The Bertz CT molecular complexity index is 304. The van der Waals surface area contributed by atoms with E-state index < -0.39 is 17.4 Å². The zero-order valence-corrected chi connectivity index (χ0v) is 11.5. The number of hydrogen-bond acceptors (Lipinski definition) is 3. The minimum atomic E-state index is -0.975. The molecule has 5 nitrogen and oxygen atoms in total. The summed E-state index contributed by atoms with van der Waals surface area (Å²) in [5.74, 6) is -1.15. The van der Waals surface area contributed by atoms with Crippen molar-refractivity contribution >= 4 is 11.9 Å². The van der Waals surface area contributed by atoms with Gasteiger partial charge in [0.1, 0.15) is 6.04 Å². The highest BCUT2D eigenvalue weighted by atomic mass is 16.4. The van der Waals surface area contributed by atoms with E-state index in [-0.39, 0.29) is 5.91 Å². The zero-order valence-electron chi connectivity index (χ0n) is 11.5. The highest BCUT2D eigenvalue weighted by Gasteiger charge is 2.32. The van der Waals surface area contributed by atoms with Gasteiger partial charge < -0.3 is 15.3 Å². The number of carbonyl (C=O) groups is 2. The van der Waals surface area contributed by atoms with Crippen LogP contribution < -0.4 is 5.32 Å². The van der Waals surface area contributed by atoms with Gasteiger partial charge in [-0.2, -0.15) is 0 Å². The molecule has 1 heterocycles. The average Bonchev–Trinajstić information content (AvgIpc) is 2.73. The molecular formula is C13H24N2O3. The lowest BCUT2D eigenvalue weighted by atomic mass is 9.86. The van der Waals surface area contributed by atoms with Gasteiger partial charge in [0.2, 0.25) is 5.91 Å². The topological polar surface area (TPSA) is 69.6 Å². The number of carbonyl (C=O) groups excluding carboxylic acids is 1. The number of carboxylic acids is 1.